The average molecular weight is 541 g/mol. The summed E-state index contributed by atoms with van der Waals surface area (Å²) in [5.74, 6) is -0.878. The van der Waals surface area contributed by atoms with E-state index < -0.39 is 24.0 Å². The number of carboxylic acid groups (broad SMARTS) is 1. The fourth-order valence-electron chi connectivity index (χ4n) is 6.17. The number of alkyl carbamates (subject to hydrolysis) is 1. The van der Waals surface area contributed by atoms with E-state index in [1.165, 1.54) is 4.90 Å². The van der Waals surface area contributed by atoms with Crippen molar-refractivity contribution >= 4 is 18.0 Å². The second-order valence-electron chi connectivity index (χ2n) is 11.2. The highest BCUT2D eigenvalue weighted by Gasteiger charge is 2.44. The van der Waals surface area contributed by atoms with Gasteiger partial charge in [0, 0.05) is 19.0 Å². The van der Waals surface area contributed by atoms with E-state index in [0.29, 0.717) is 18.8 Å². The predicted octanol–water partition coefficient (Wildman–Crippen LogP) is 5.84. The highest BCUT2D eigenvalue weighted by atomic mass is 16.5. The lowest BCUT2D eigenvalue weighted by Gasteiger charge is -2.41. The Morgan fingerprint density at radius 2 is 1.48 bits per heavy atom. The fourth-order valence-corrected chi connectivity index (χ4v) is 6.17. The molecule has 0 aliphatic heterocycles. The van der Waals surface area contributed by atoms with Gasteiger partial charge < -0.3 is 20.1 Å². The van der Waals surface area contributed by atoms with E-state index in [-0.39, 0.29) is 31.5 Å². The molecule has 2 amide bonds. The summed E-state index contributed by atoms with van der Waals surface area (Å²) in [6.45, 7) is 2.27. The van der Waals surface area contributed by atoms with E-state index in [4.69, 9.17) is 4.74 Å². The molecule has 3 aromatic carbocycles. The highest BCUT2D eigenvalue weighted by molar-refractivity contribution is 5.87. The number of carboxylic acids is 1. The Labute approximate surface area is 235 Å². The van der Waals surface area contributed by atoms with Crippen molar-refractivity contribution in [2.24, 2.45) is 11.3 Å². The third-order valence-electron chi connectivity index (χ3n) is 8.43. The molecule has 2 N–H and O–H groups in total. The summed E-state index contributed by atoms with van der Waals surface area (Å²) < 4.78 is 5.73. The van der Waals surface area contributed by atoms with Gasteiger partial charge in [-0.2, -0.15) is 0 Å². The first kappa shape index (κ1) is 27.4. The monoisotopic (exact) mass is 540 g/mol. The van der Waals surface area contributed by atoms with E-state index >= 15 is 0 Å². The number of benzene rings is 3. The molecule has 3 aromatic rings. The van der Waals surface area contributed by atoms with Crippen molar-refractivity contribution in [1.82, 2.24) is 10.2 Å². The van der Waals surface area contributed by atoms with Crippen LogP contribution in [0.1, 0.15) is 55.2 Å². The first-order valence-corrected chi connectivity index (χ1v) is 14.0. The maximum Gasteiger partial charge on any atom is 0.407 e. The summed E-state index contributed by atoms with van der Waals surface area (Å²) in [4.78, 5) is 40.1. The van der Waals surface area contributed by atoms with Crippen LogP contribution in [0.4, 0.5) is 4.79 Å². The summed E-state index contributed by atoms with van der Waals surface area (Å²) in [6, 6.07) is 25.7. The number of nitrogens with zero attached hydrogens (tertiary/aromatic N) is 1. The molecule has 2 aliphatic rings. The lowest BCUT2D eigenvalue weighted by molar-refractivity contribution is -0.152. The minimum Gasteiger partial charge on any atom is -0.480 e. The zero-order chi connectivity index (χ0) is 28.1. The Bertz CT molecular complexity index is 1320. The number of hydrogen-bond acceptors (Lipinski definition) is 4. The summed E-state index contributed by atoms with van der Waals surface area (Å²) in [5.41, 5.74) is 4.57. The van der Waals surface area contributed by atoms with Gasteiger partial charge in [-0.3, -0.25) is 9.59 Å². The number of amides is 2. The quantitative estimate of drug-likeness (QED) is 0.356. The molecular formula is C33H36N2O5. The average Bonchev–Trinajstić information content (AvgIpc) is 3.29. The van der Waals surface area contributed by atoms with Crippen LogP contribution >= 0.6 is 0 Å². The molecule has 0 spiro atoms. The lowest BCUT2D eigenvalue weighted by atomic mass is 9.69. The van der Waals surface area contributed by atoms with Crippen molar-refractivity contribution in [2.75, 3.05) is 19.7 Å². The van der Waals surface area contributed by atoms with Crippen LogP contribution < -0.4 is 5.32 Å². The van der Waals surface area contributed by atoms with Gasteiger partial charge in [0.1, 0.15) is 13.2 Å². The van der Waals surface area contributed by atoms with E-state index in [0.717, 1.165) is 40.7 Å². The number of hydrogen-bond donors (Lipinski definition) is 2. The largest absolute Gasteiger partial charge is 0.480 e. The lowest BCUT2D eigenvalue weighted by Crippen LogP contribution is -2.52. The van der Waals surface area contributed by atoms with E-state index in [1.54, 1.807) is 0 Å². The summed E-state index contributed by atoms with van der Waals surface area (Å²) in [5, 5.41) is 12.5. The number of ether oxygens (including phenoxy) is 1. The van der Waals surface area contributed by atoms with E-state index in [2.05, 4.69) is 36.5 Å². The molecule has 5 rings (SSSR count). The molecular weight excluding hydrogens is 504 g/mol. The van der Waals surface area contributed by atoms with Crippen molar-refractivity contribution in [3.05, 3.63) is 95.6 Å². The van der Waals surface area contributed by atoms with Crippen LogP contribution in [0.5, 0.6) is 0 Å². The molecule has 0 aromatic heterocycles. The minimum atomic E-state index is -1.06. The van der Waals surface area contributed by atoms with Gasteiger partial charge in [-0.05, 0) is 59.4 Å². The smallest absolute Gasteiger partial charge is 0.407 e. The van der Waals surface area contributed by atoms with Gasteiger partial charge in [0.25, 0.3) is 0 Å². The Morgan fingerprint density at radius 1 is 0.900 bits per heavy atom. The molecule has 0 saturated heterocycles. The molecule has 0 atom stereocenters. The van der Waals surface area contributed by atoms with Crippen molar-refractivity contribution in [3.8, 4) is 11.1 Å². The van der Waals surface area contributed by atoms with Gasteiger partial charge in [0.05, 0.1) is 5.41 Å². The molecule has 7 heteroatoms. The first-order chi connectivity index (χ1) is 19.4. The second-order valence-corrected chi connectivity index (χ2v) is 11.2. The Balaban J connectivity index is 1.28. The van der Waals surface area contributed by atoms with E-state index in [9.17, 15) is 19.5 Å². The molecule has 0 bridgehead atoms. The van der Waals surface area contributed by atoms with Crippen LogP contribution in [0.3, 0.4) is 0 Å². The van der Waals surface area contributed by atoms with Crippen LogP contribution in [0.2, 0.25) is 0 Å². The summed E-state index contributed by atoms with van der Waals surface area (Å²) >= 11 is 0. The van der Waals surface area contributed by atoms with Crippen LogP contribution in [-0.4, -0.2) is 47.7 Å². The molecule has 208 valence electrons. The van der Waals surface area contributed by atoms with Gasteiger partial charge in [-0.25, -0.2) is 4.79 Å². The summed E-state index contributed by atoms with van der Waals surface area (Å²) in [7, 11) is 0. The topological polar surface area (TPSA) is 95.9 Å². The number of rotatable bonds is 9. The minimum absolute atomic E-state index is 0.0544. The molecule has 0 radical (unpaired) electrons. The molecule has 0 heterocycles. The number of fused-ring (bicyclic) bond motifs is 3. The standard InChI is InChI=1S/C33H36N2O5/c1-23-15-17-33(18-16-23,31(38)35(20-30(36)37)19-24-9-3-2-4-10-24)22-34-32(39)40-21-29-27-13-7-5-11-25(27)26-12-6-8-14-28(26)29/h2-14,23,29H,15-22H2,1H3,(H,34,39)(H,36,37). The van der Waals surface area contributed by atoms with Gasteiger partial charge in [-0.15, -0.1) is 0 Å². The van der Waals surface area contributed by atoms with Crippen LogP contribution in [0.25, 0.3) is 11.1 Å². The van der Waals surface area contributed by atoms with Gasteiger partial charge in [0.2, 0.25) is 5.91 Å². The Kier molecular flexibility index (Phi) is 8.19. The molecule has 1 fully saturated rings. The Morgan fingerprint density at radius 3 is 2.08 bits per heavy atom. The van der Waals surface area contributed by atoms with Crippen molar-refractivity contribution in [2.45, 2.75) is 45.1 Å². The fraction of sp³-hybridized carbons (Fsp3) is 0.364. The molecule has 40 heavy (non-hydrogen) atoms. The number of aliphatic carboxylic acids is 1. The Hall–Kier alpha value is -4.13. The third-order valence-corrected chi connectivity index (χ3v) is 8.43. The van der Waals surface area contributed by atoms with Crippen LogP contribution in [0, 0.1) is 11.3 Å². The zero-order valence-electron chi connectivity index (χ0n) is 22.8. The van der Waals surface area contributed by atoms with Gasteiger partial charge >= 0.3 is 12.1 Å². The normalized spacial score (nSPS) is 19.8. The number of carbonyl (C=O) groups is 3. The van der Waals surface area contributed by atoms with Crippen LogP contribution in [-0.2, 0) is 20.9 Å². The first-order valence-electron chi connectivity index (χ1n) is 14.0. The van der Waals surface area contributed by atoms with E-state index in [1.807, 2.05) is 54.6 Å². The summed E-state index contributed by atoms with van der Waals surface area (Å²) in [6.07, 6.45) is 2.28. The number of nitrogens with one attached hydrogen (secondary N) is 1. The second kappa shape index (κ2) is 11.9. The van der Waals surface area contributed by atoms with Crippen LogP contribution in [0.15, 0.2) is 78.9 Å². The molecule has 0 unspecified atom stereocenters. The SMILES string of the molecule is CC1CCC(CNC(=O)OCC2c3ccccc3-c3ccccc32)(C(=O)N(CC(=O)O)Cc2ccccc2)CC1. The maximum absolute atomic E-state index is 14.0. The molecule has 7 nitrogen and oxygen atoms in total. The van der Waals surface area contributed by atoms with Crippen molar-refractivity contribution in [3.63, 3.8) is 0 Å². The highest BCUT2D eigenvalue weighted by Crippen LogP contribution is 2.44. The van der Waals surface area contributed by atoms with Gasteiger partial charge in [0.15, 0.2) is 0 Å². The third kappa shape index (κ3) is 5.88. The van der Waals surface area contributed by atoms with Crippen molar-refractivity contribution < 1.29 is 24.2 Å². The molecule has 1 saturated carbocycles. The molecule has 2 aliphatic carbocycles. The van der Waals surface area contributed by atoms with Gasteiger partial charge in [-0.1, -0.05) is 85.8 Å². The maximum atomic E-state index is 14.0. The zero-order valence-corrected chi connectivity index (χ0v) is 22.8. The predicted molar refractivity (Wildman–Crippen MR) is 153 cm³/mol. The number of carbonyl (C=O) groups excluding carboxylic acids is 2. The van der Waals surface area contributed by atoms with Crippen molar-refractivity contribution in [1.29, 1.82) is 0 Å².